The van der Waals surface area contributed by atoms with Crippen LogP contribution in [0.15, 0.2) is 42.6 Å². The standard InChI is InChI=1S/C18H25N3O3/c1-14(22)10-16(15-6-4-3-5-7-15)11-19-18(23)13-24-12-17-8-9-20-21(17)2/h3-9,14,16,22H,10-13H2,1-2H3,(H,19,23)/t14-,16-/m0/s1. The first-order valence-corrected chi connectivity index (χ1v) is 8.10. The minimum atomic E-state index is -0.423. The van der Waals surface area contributed by atoms with Crippen molar-refractivity contribution in [1.29, 1.82) is 0 Å². The minimum Gasteiger partial charge on any atom is -0.393 e. The molecule has 0 unspecified atom stereocenters. The summed E-state index contributed by atoms with van der Waals surface area (Å²) in [6.07, 6.45) is 1.87. The molecule has 0 radical (unpaired) electrons. The lowest BCUT2D eigenvalue weighted by molar-refractivity contribution is -0.126. The monoisotopic (exact) mass is 331 g/mol. The fraction of sp³-hybridized carbons (Fsp3) is 0.444. The van der Waals surface area contributed by atoms with Crippen LogP contribution < -0.4 is 5.32 Å². The van der Waals surface area contributed by atoms with Gasteiger partial charge in [-0.15, -0.1) is 0 Å². The quantitative estimate of drug-likeness (QED) is 0.732. The van der Waals surface area contributed by atoms with Crippen molar-refractivity contribution in [2.45, 2.75) is 32.0 Å². The van der Waals surface area contributed by atoms with Crippen LogP contribution in [0, 0.1) is 0 Å². The molecule has 0 fully saturated rings. The molecule has 130 valence electrons. The molecule has 2 atom stereocenters. The molecule has 1 aromatic heterocycles. The average molecular weight is 331 g/mol. The highest BCUT2D eigenvalue weighted by Crippen LogP contribution is 2.20. The molecule has 1 heterocycles. The summed E-state index contributed by atoms with van der Waals surface area (Å²) in [5, 5.41) is 16.6. The van der Waals surface area contributed by atoms with Gasteiger partial charge in [0.1, 0.15) is 6.61 Å². The minimum absolute atomic E-state index is 0.00136. The molecule has 0 aliphatic rings. The fourth-order valence-electron chi connectivity index (χ4n) is 2.55. The molecule has 0 saturated heterocycles. The van der Waals surface area contributed by atoms with Gasteiger partial charge in [0.05, 0.1) is 18.4 Å². The molecular weight excluding hydrogens is 306 g/mol. The molecule has 2 N–H and O–H groups in total. The van der Waals surface area contributed by atoms with Crippen LogP contribution in [0.5, 0.6) is 0 Å². The van der Waals surface area contributed by atoms with Crippen LogP contribution in [0.1, 0.15) is 30.5 Å². The second-order valence-corrected chi connectivity index (χ2v) is 5.94. The van der Waals surface area contributed by atoms with Gasteiger partial charge in [0.15, 0.2) is 0 Å². The number of hydrogen-bond donors (Lipinski definition) is 2. The van der Waals surface area contributed by atoms with Gasteiger partial charge in [-0.1, -0.05) is 30.3 Å². The van der Waals surface area contributed by atoms with Gasteiger partial charge < -0.3 is 15.2 Å². The Kier molecular flexibility index (Phi) is 6.96. The van der Waals surface area contributed by atoms with Gasteiger partial charge in [-0.2, -0.15) is 5.10 Å². The summed E-state index contributed by atoms with van der Waals surface area (Å²) < 4.78 is 7.13. The maximum atomic E-state index is 12.0. The first-order valence-electron chi connectivity index (χ1n) is 8.10. The van der Waals surface area contributed by atoms with E-state index in [2.05, 4.69) is 10.4 Å². The third kappa shape index (κ3) is 5.79. The van der Waals surface area contributed by atoms with Crippen LogP contribution in [-0.2, 0) is 23.2 Å². The number of benzene rings is 1. The van der Waals surface area contributed by atoms with Crippen LogP contribution in [0.25, 0.3) is 0 Å². The lowest BCUT2D eigenvalue weighted by atomic mass is 9.93. The van der Waals surface area contributed by atoms with Gasteiger partial charge in [0.2, 0.25) is 5.91 Å². The van der Waals surface area contributed by atoms with E-state index >= 15 is 0 Å². The molecule has 0 saturated carbocycles. The number of carbonyl (C=O) groups excluding carboxylic acids is 1. The fourth-order valence-corrected chi connectivity index (χ4v) is 2.55. The Labute approximate surface area is 142 Å². The molecule has 0 aliphatic heterocycles. The average Bonchev–Trinajstić information content (AvgIpc) is 2.97. The van der Waals surface area contributed by atoms with Crippen molar-refractivity contribution in [3.8, 4) is 0 Å². The number of nitrogens with one attached hydrogen (secondary N) is 1. The first kappa shape index (κ1) is 18.2. The van der Waals surface area contributed by atoms with Gasteiger partial charge in [-0.05, 0) is 25.0 Å². The number of amides is 1. The predicted octanol–water partition coefficient (Wildman–Crippen LogP) is 1.61. The Bertz CT molecular complexity index is 625. The summed E-state index contributed by atoms with van der Waals surface area (Å²) in [6.45, 7) is 2.58. The molecule has 0 bridgehead atoms. The summed E-state index contributed by atoms with van der Waals surface area (Å²) in [5.74, 6) is -0.0871. The summed E-state index contributed by atoms with van der Waals surface area (Å²) in [7, 11) is 1.83. The predicted molar refractivity (Wildman–Crippen MR) is 91.4 cm³/mol. The summed E-state index contributed by atoms with van der Waals surface area (Å²) in [6, 6.07) is 11.8. The Balaban J connectivity index is 1.78. The van der Waals surface area contributed by atoms with Crippen molar-refractivity contribution >= 4 is 5.91 Å². The van der Waals surface area contributed by atoms with Crippen molar-refractivity contribution in [2.24, 2.45) is 7.05 Å². The topological polar surface area (TPSA) is 76.4 Å². The van der Waals surface area contributed by atoms with E-state index in [9.17, 15) is 9.90 Å². The molecule has 1 amide bonds. The summed E-state index contributed by atoms with van der Waals surface area (Å²) in [4.78, 5) is 12.0. The number of aliphatic hydroxyl groups is 1. The van der Waals surface area contributed by atoms with Crippen molar-refractivity contribution < 1.29 is 14.6 Å². The van der Waals surface area contributed by atoms with Crippen LogP contribution in [0.4, 0.5) is 0 Å². The lowest BCUT2D eigenvalue weighted by Gasteiger charge is -2.19. The Morgan fingerprint density at radius 1 is 1.33 bits per heavy atom. The number of rotatable bonds is 9. The van der Waals surface area contributed by atoms with E-state index in [1.807, 2.05) is 43.4 Å². The van der Waals surface area contributed by atoms with Gasteiger partial charge in [0, 0.05) is 25.7 Å². The molecular formula is C18H25N3O3. The molecule has 6 heteroatoms. The van der Waals surface area contributed by atoms with E-state index in [0.717, 1.165) is 11.3 Å². The first-order chi connectivity index (χ1) is 11.6. The zero-order chi connectivity index (χ0) is 17.4. The van der Waals surface area contributed by atoms with Gasteiger partial charge in [0.25, 0.3) is 0 Å². The van der Waals surface area contributed by atoms with Crippen molar-refractivity contribution in [1.82, 2.24) is 15.1 Å². The van der Waals surface area contributed by atoms with E-state index in [1.165, 1.54) is 0 Å². The van der Waals surface area contributed by atoms with Crippen LogP contribution in [0.3, 0.4) is 0 Å². The highest BCUT2D eigenvalue weighted by Gasteiger charge is 2.15. The summed E-state index contributed by atoms with van der Waals surface area (Å²) >= 11 is 0. The number of ether oxygens (including phenoxy) is 1. The molecule has 0 aliphatic carbocycles. The van der Waals surface area contributed by atoms with Crippen LogP contribution in [-0.4, -0.2) is 40.0 Å². The van der Waals surface area contributed by atoms with E-state index in [0.29, 0.717) is 19.6 Å². The molecule has 6 nitrogen and oxygen atoms in total. The SMILES string of the molecule is C[C@H](O)C[C@@H](CNC(=O)COCc1ccnn1C)c1ccccc1. The van der Waals surface area contributed by atoms with Gasteiger partial charge in [-0.25, -0.2) is 0 Å². The highest BCUT2D eigenvalue weighted by molar-refractivity contribution is 5.77. The molecule has 1 aromatic carbocycles. The smallest absolute Gasteiger partial charge is 0.246 e. The molecule has 2 aromatic rings. The van der Waals surface area contributed by atoms with Gasteiger partial charge >= 0.3 is 0 Å². The van der Waals surface area contributed by atoms with E-state index in [-0.39, 0.29) is 18.4 Å². The largest absolute Gasteiger partial charge is 0.393 e. The van der Waals surface area contributed by atoms with Gasteiger partial charge in [-0.3, -0.25) is 9.48 Å². The second kappa shape index (κ2) is 9.20. The summed E-state index contributed by atoms with van der Waals surface area (Å²) in [5.41, 5.74) is 2.02. The van der Waals surface area contributed by atoms with Crippen LogP contribution >= 0.6 is 0 Å². The number of aryl methyl sites for hydroxylation is 1. The van der Waals surface area contributed by atoms with E-state index in [1.54, 1.807) is 17.8 Å². The third-order valence-electron chi connectivity index (χ3n) is 3.85. The number of carbonyl (C=O) groups is 1. The van der Waals surface area contributed by atoms with Crippen molar-refractivity contribution in [2.75, 3.05) is 13.2 Å². The molecule has 0 spiro atoms. The molecule has 2 rings (SSSR count). The highest BCUT2D eigenvalue weighted by atomic mass is 16.5. The number of aliphatic hydroxyl groups excluding tert-OH is 1. The maximum absolute atomic E-state index is 12.0. The lowest BCUT2D eigenvalue weighted by Crippen LogP contribution is -2.32. The van der Waals surface area contributed by atoms with Crippen LogP contribution in [0.2, 0.25) is 0 Å². The number of hydrogen-bond acceptors (Lipinski definition) is 4. The zero-order valence-electron chi connectivity index (χ0n) is 14.2. The zero-order valence-corrected chi connectivity index (χ0v) is 14.2. The Morgan fingerprint density at radius 2 is 2.08 bits per heavy atom. The van der Waals surface area contributed by atoms with E-state index in [4.69, 9.17) is 4.74 Å². The molecule has 24 heavy (non-hydrogen) atoms. The normalized spacial score (nSPS) is 13.5. The number of aromatic nitrogens is 2. The number of nitrogens with zero attached hydrogens (tertiary/aromatic N) is 2. The van der Waals surface area contributed by atoms with Crippen molar-refractivity contribution in [3.63, 3.8) is 0 Å². The van der Waals surface area contributed by atoms with E-state index < -0.39 is 6.10 Å². The third-order valence-corrected chi connectivity index (χ3v) is 3.85. The van der Waals surface area contributed by atoms with Crippen molar-refractivity contribution in [3.05, 3.63) is 53.9 Å². The Hall–Kier alpha value is -2.18. The second-order valence-electron chi connectivity index (χ2n) is 5.94. The maximum Gasteiger partial charge on any atom is 0.246 e. The Morgan fingerprint density at radius 3 is 2.71 bits per heavy atom.